The minimum atomic E-state index is -0.459. The lowest BCUT2D eigenvalue weighted by atomic mass is 10.2. The largest absolute Gasteiger partial charge is 0.484 e. The molecule has 0 aliphatic rings. The van der Waals surface area contributed by atoms with Gasteiger partial charge in [-0.15, -0.1) is 0 Å². The van der Waals surface area contributed by atoms with Gasteiger partial charge in [0, 0.05) is 0 Å². The zero-order chi connectivity index (χ0) is 17.4. The number of benzene rings is 2. The van der Waals surface area contributed by atoms with Crippen molar-refractivity contribution in [2.24, 2.45) is 0 Å². The van der Waals surface area contributed by atoms with Crippen molar-refractivity contribution < 1.29 is 19.1 Å². The molecule has 0 aromatic heterocycles. The Morgan fingerprint density at radius 3 is 1.96 bits per heavy atom. The van der Waals surface area contributed by atoms with Crippen LogP contribution in [0.1, 0.15) is 11.1 Å². The maximum atomic E-state index is 11.6. The average Bonchev–Trinajstić information content (AvgIpc) is 2.57. The predicted octanol–water partition coefficient (Wildman–Crippen LogP) is 1.91. The van der Waals surface area contributed by atoms with E-state index < -0.39 is 11.8 Å². The van der Waals surface area contributed by atoms with Crippen LogP contribution in [-0.4, -0.2) is 25.0 Å². The Morgan fingerprint density at radius 1 is 0.792 bits per heavy atom. The Labute approximate surface area is 140 Å². The molecule has 0 saturated heterocycles. The van der Waals surface area contributed by atoms with Crippen molar-refractivity contribution in [3.63, 3.8) is 0 Å². The molecule has 0 aliphatic heterocycles. The van der Waals surface area contributed by atoms with Gasteiger partial charge < -0.3 is 9.47 Å². The summed E-state index contributed by atoms with van der Waals surface area (Å²) in [5.74, 6) is 0.267. The molecule has 0 fully saturated rings. The topological polar surface area (TPSA) is 76.7 Å². The van der Waals surface area contributed by atoms with Gasteiger partial charge in [-0.05, 0) is 43.7 Å². The number of ether oxygens (including phenoxy) is 2. The van der Waals surface area contributed by atoms with Crippen LogP contribution >= 0.6 is 0 Å². The number of hydrogen-bond donors (Lipinski definition) is 2. The number of rotatable bonds is 6. The Kier molecular flexibility index (Phi) is 6.19. The summed E-state index contributed by atoms with van der Waals surface area (Å²) in [5.41, 5.74) is 6.68. The molecule has 2 rings (SSSR count). The van der Waals surface area contributed by atoms with Crippen LogP contribution in [0.25, 0.3) is 0 Å². The third-order valence-corrected chi connectivity index (χ3v) is 3.09. The van der Waals surface area contributed by atoms with E-state index in [1.165, 1.54) is 0 Å². The van der Waals surface area contributed by atoms with E-state index in [0.717, 1.165) is 11.1 Å². The minimum Gasteiger partial charge on any atom is -0.484 e. The van der Waals surface area contributed by atoms with Crippen LogP contribution in [0.4, 0.5) is 0 Å². The van der Waals surface area contributed by atoms with Crippen molar-refractivity contribution in [2.45, 2.75) is 13.8 Å². The van der Waals surface area contributed by atoms with Gasteiger partial charge in [-0.3, -0.25) is 20.4 Å². The lowest BCUT2D eigenvalue weighted by Crippen LogP contribution is -2.45. The molecule has 2 N–H and O–H groups in total. The Bertz CT molecular complexity index is 698. The fraction of sp³-hybridized carbons (Fsp3) is 0.222. The first-order chi connectivity index (χ1) is 11.5. The van der Waals surface area contributed by atoms with E-state index in [9.17, 15) is 9.59 Å². The number of hydrazine groups is 1. The molecule has 2 aromatic carbocycles. The molecular weight excluding hydrogens is 308 g/mol. The Hall–Kier alpha value is -3.02. The van der Waals surface area contributed by atoms with Crippen LogP contribution in [-0.2, 0) is 9.59 Å². The van der Waals surface area contributed by atoms with Gasteiger partial charge in [-0.25, -0.2) is 0 Å². The van der Waals surface area contributed by atoms with E-state index in [1.54, 1.807) is 18.2 Å². The number of hydrogen-bond acceptors (Lipinski definition) is 4. The second-order valence-electron chi connectivity index (χ2n) is 5.30. The molecule has 0 atom stereocenters. The molecule has 0 spiro atoms. The highest BCUT2D eigenvalue weighted by Gasteiger charge is 2.06. The molecule has 2 amide bonds. The molecule has 0 radical (unpaired) electrons. The van der Waals surface area contributed by atoms with Crippen molar-refractivity contribution >= 4 is 11.8 Å². The summed E-state index contributed by atoms with van der Waals surface area (Å²) in [6.45, 7) is 3.51. The van der Waals surface area contributed by atoms with Gasteiger partial charge in [0.1, 0.15) is 11.5 Å². The monoisotopic (exact) mass is 328 g/mol. The summed E-state index contributed by atoms with van der Waals surface area (Å²) >= 11 is 0. The van der Waals surface area contributed by atoms with Gasteiger partial charge in [0.2, 0.25) is 0 Å². The van der Waals surface area contributed by atoms with Crippen LogP contribution in [0.2, 0.25) is 0 Å². The molecule has 0 aliphatic carbocycles. The first kappa shape index (κ1) is 17.3. The smallest absolute Gasteiger partial charge is 0.276 e. The highest BCUT2D eigenvalue weighted by molar-refractivity contribution is 5.83. The van der Waals surface area contributed by atoms with Gasteiger partial charge >= 0.3 is 0 Å². The van der Waals surface area contributed by atoms with E-state index >= 15 is 0 Å². The predicted molar refractivity (Wildman–Crippen MR) is 89.6 cm³/mol. The van der Waals surface area contributed by atoms with E-state index in [1.807, 2.05) is 44.2 Å². The molecule has 0 unspecified atom stereocenters. The molecule has 0 saturated carbocycles. The summed E-state index contributed by atoms with van der Waals surface area (Å²) < 4.78 is 10.6. The first-order valence-corrected chi connectivity index (χ1v) is 7.49. The zero-order valence-electron chi connectivity index (χ0n) is 13.7. The normalized spacial score (nSPS) is 9.92. The summed E-state index contributed by atoms with van der Waals surface area (Å²) in [7, 11) is 0. The molecule has 126 valence electrons. The third-order valence-electron chi connectivity index (χ3n) is 3.09. The van der Waals surface area contributed by atoms with Crippen LogP contribution in [0.3, 0.4) is 0 Å². The van der Waals surface area contributed by atoms with E-state index in [2.05, 4.69) is 10.9 Å². The van der Waals surface area contributed by atoms with Gasteiger partial charge in [0.25, 0.3) is 11.8 Å². The van der Waals surface area contributed by atoms with Crippen LogP contribution in [0.15, 0.2) is 48.5 Å². The number of carbonyl (C=O) groups is 2. The fourth-order valence-corrected chi connectivity index (χ4v) is 1.85. The molecule has 0 heterocycles. The van der Waals surface area contributed by atoms with Gasteiger partial charge in [0.15, 0.2) is 13.2 Å². The maximum Gasteiger partial charge on any atom is 0.276 e. The number of carbonyl (C=O) groups excluding carboxylic acids is 2. The van der Waals surface area contributed by atoms with E-state index in [0.29, 0.717) is 11.5 Å². The molecular formula is C18H20N2O4. The Morgan fingerprint density at radius 2 is 1.38 bits per heavy atom. The standard InChI is InChI=1S/C18H20N2O4/c1-13-6-8-15(9-7-13)23-11-17(21)19-20-18(22)12-24-16-5-3-4-14(2)10-16/h3-10H,11-12H2,1-2H3,(H,19,21)(H,20,22). The van der Waals surface area contributed by atoms with Crippen LogP contribution in [0, 0.1) is 13.8 Å². The van der Waals surface area contributed by atoms with Crippen molar-refractivity contribution in [2.75, 3.05) is 13.2 Å². The zero-order valence-corrected chi connectivity index (χ0v) is 13.7. The lowest BCUT2D eigenvalue weighted by molar-refractivity contribution is -0.131. The SMILES string of the molecule is Cc1ccc(OCC(=O)NNC(=O)COc2cccc(C)c2)cc1. The molecule has 24 heavy (non-hydrogen) atoms. The maximum absolute atomic E-state index is 11.6. The minimum absolute atomic E-state index is 0.192. The summed E-state index contributed by atoms with van der Waals surface area (Å²) in [5, 5.41) is 0. The third kappa shape index (κ3) is 6.00. The van der Waals surface area contributed by atoms with Gasteiger partial charge in [0.05, 0.1) is 0 Å². The number of aryl methyl sites for hydroxylation is 2. The quantitative estimate of drug-likeness (QED) is 0.794. The lowest BCUT2D eigenvalue weighted by Gasteiger charge is -2.10. The van der Waals surface area contributed by atoms with Crippen molar-refractivity contribution in [3.8, 4) is 11.5 Å². The highest BCUT2D eigenvalue weighted by atomic mass is 16.5. The van der Waals surface area contributed by atoms with Gasteiger partial charge in [-0.2, -0.15) is 0 Å². The van der Waals surface area contributed by atoms with Crippen molar-refractivity contribution in [1.82, 2.24) is 10.9 Å². The van der Waals surface area contributed by atoms with Crippen LogP contribution in [0.5, 0.6) is 11.5 Å². The average molecular weight is 328 g/mol. The van der Waals surface area contributed by atoms with Crippen molar-refractivity contribution in [1.29, 1.82) is 0 Å². The fourth-order valence-electron chi connectivity index (χ4n) is 1.85. The van der Waals surface area contributed by atoms with Crippen LogP contribution < -0.4 is 20.3 Å². The molecule has 2 aromatic rings. The van der Waals surface area contributed by atoms with E-state index in [4.69, 9.17) is 9.47 Å². The number of nitrogens with one attached hydrogen (secondary N) is 2. The molecule has 0 bridgehead atoms. The first-order valence-electron chi connectivity index (χ1n) is 7.49. The second-order valence-corrected chi connectivity index (χ2v) is 5.30. The molecule has 6 heteroatoms. The van der Waals surface area contributed by atoms with Crippen molar-refractivity contribution in [3.05, 3.63) is 59.7 Å². The number of amides is 2. The highest BCUT2D eigenvalue weighted by Crippen LogP contribution is 2.12. The summed E-state index contributed by atoms with van der Waals surface area (Å²) in [6.07, 6.45) is 0. The summed E-state index contributed by atoms with van der Waals surface area (Å²) in [4.78, 5) is 23.2. The molecule has 6 nitrogen and oxygen atoms in total. The van der Waals surface area contributed by atoms with E-state index in [-0.39, 0.29) is 13.2 Å². The second kappa shape index (κ2) is 8.57. The Balaban J connectivity index is 1.65. The van der Waals surface area contributed by atoms with Gasteiger partial charge in [-0.1, -0.05) is 29.8 Å². The summed E-state index contributed by atoms with van der Waals surface area (Å²) in [6, 6.07) is 14.7.